The van der Waals surface area contributed by atoms with Crippen molar-refractivity contribution in [3.8, 4) is 0 Å². The summed E-state index contributed by atoms with van der Waals surface area (Å²) in [5, 5.41) is 0. The Morgan fingerprint density at radius 1 is 1.20 bits per heavy atom. The predicted octanol–water partition coefficient (Wildman–Crippen LogP) is 1.23. The first-order valence-electron chi connectivity index (χ1n) is 2.48. The van der Waals surface area contributed by atoms with E-state index in [-0.39, 0.29) is 21.0 Å². The molecule has 0 N–H and O–H groups in total. The van der Waals surface area contributed by atoms with E-state index in [9.17, 15) is 9.59 Å². The molecular weight excluding hydrogens is 216 g/mol. The van der Waals surface area contributed by atoms with Crippen LogP contribution in [0.4, 0.5) is 0 Å². The topological polar surface area (TPSA) is 34.1 Å². The van der Waals surface area contributed by atoms with Crippen LogP contribution in [0.5, 0.6) is 0 Å². The molecule has 0 aromatic carbocycles. The standard InChI is InChI=1S/C6H3BrO2S/c7-3-1-5(9)6(10)2-4(3)8/h1-2,10H. The van der Waals surface area contributed by atoms with Crippen molar-refractivity contribution < 1.29 is 9.59 Å². The molecule has 0 fully saturated rings. The molecule has 0 saturated carbocycles. The van der Waals surface area contributed by atoms with Crippen LogP contribution in [0.2, 0.25) is 0 Å². The van der Waals surface area contributed by atoms with Gasteiger partial charge in [0.1, 0.15) is 0 Å². The summed E-state index contributed by atoms with van der Waals surface area (Å²) < 4.78 is 0.287. The van der Waals surface area contributed by atoms with Gasteiger partial charge in [-0.05, 0) is 15.9 Å². The van der Waals surface area contributed by atoms with E-state index in [0.29, 0.717) is 0 Å². The van der Waals surface area contributed by atoms with Crippen molar-refractivity contribution in [3.63, 3.8) is 0 Å². The third-order valence-electron chi connectivity index (χ3n) is 1.01. The molecule has 0 aromatic rings. The molecule has 4 heteroatoms. The number of carbonyl (C=O) groups is 2. The molecule has 1 rings (SSSR count). The summed E-state index contributed by atoms with van der Waals surface area (Å²) >= 11 is 6.72. The summed E-state index contributed by atoms with van der Waals surface area (Å²) in [6.45, 7) is 0. The molecule has 0 amide bonds. The first-order valence-corrected chi connectivity index (χ1v) is 3.72. The monoisotopic (exact) mass is 218 g/mol. The van der Waals surface area contributed by atoms with Gasteiger partial charge < -0.3 is 0 Å². The van der Waals surface area contributed by atoms with Crippen LogP contribution in [0.3, 0.4) is 0 Å². The van der Waals surface area contributed by atoms with E-state index < -0.39 is 0 Å². The van der Waals surface area contributed by atoms with Gasteiger partial charge >= 0.3 is 0 Å². The van der Waals surface area contributed by atoms with Crippen LogP contribution in [0.25, 0.3) is 0 Å². The Labute approximate surface area is 71.5 Å². The molecule has 0 atom stereocenters. The Morgan fingerprint density at radius 2 is 1.80 bits per heavy atom. The molecule has 0 aliphatic heterocycles. The molecule has 0 aromatic heterocycles. The van der Waals surface area contributed by atoms with Crippen LogP contribution in [-0.2, 0) is 9.59 Å². The fourth-order valence-corrected chi connectivity index (χ4v) is 1.03. The second-order valence-electron chi connectivity index (χ2n) is 1.75. The first-order chi connectivity index (χ1) is 4.61. The van der Waals surface area contributed by atoms with Gasteiger partial charge in [0.05, 0.1) is 9.39 Å². The lowest BCUT2D eigenvalue weighted by atomic mass is 10.2. The van der Waals surface area contributed by atoms with Crippen molar-refractivity contribution in [2.45, 2.75) is 0 Å². The van der Waals surface area contributed by atoms with Gasteiger partial charge in [0, 0.05) is 12.2 Å². The molecule has 0 spiro atoms. The predicted molar refractivity (Wildman–Crippen MR) is 44.1 cm³/mol. The van der Waals surface area contributed by atoms with Gasteiger partial charge in [-0.1, -0.05) is 0 Å². The summed E-state index contributed by atoms with van der Waals surface area (Å²) in [5.41, 5.74) is 0. The molecule has 10 heavy (non-hydrogen) atoms. The number of allylic oxidation sites excluding steroid dienone is 4. The average molecular weight is 219 g/mol. The lowest BCUT2D eigenvalue weighted by Crippen LogP contribution is -2.06. The van der Waals surface area contributed by atoms with Gasteiger partial charge in [-0.25, -0.2) is 0 Å². The summed E-state index contributed by atoms with van der Waals surface area (Å²) in [6.07, 6.45) is 2.40. The number of halogens is 1. The van der Waals surface area contributed by atoms with Gasteiger partial charge in [0.2, 0.25) is 0 Å². The number of rotatable bonds is 0. The van der Waals surface area contributed by atoms with Crippen molar-refractivity contribution in [1.82, 2.24) is 0 Å². The lowest BCUT2D eigenvalue weighted by Gasteiger charge is -2.00. The zero-order chi connectivity index (χ0) is 7.72. The Kier molecular flexibility index (Phi) is 2.11. The minimum absolute atomic E-state index is 0.188. The number of thiol groups is 1. The van der Waals surface area contributed by atoms with Crippen LogP contribution in [0.1, 0.15) is 0 Å². The highest BCUT2D eigenvalue weighted by Gasteiger charge is 2.14. The van der Waals surface area contributed by atoms with E-state index in [4.69, 9.17) is 0 Å². The summed E-state index contributed by atoms with van der Waals surface area (Å²) in [4.78, 5) is 21.7. The quantitative estimate of drug-likeness (QED) is 0.491. The SMILES string of the molecule is O=C1C=C(Br)C(=O)C=C1S. The van der Waals surface area contributed by atoms with Gasteiger partial charge in [-0.15, -0.1) is 12.6 Å². The van der Waals surface area contributed by atoms with Gasteiger partial charge in [-0.2, -0.15) is 0 Å². The van der Waals surface area contributed by atoms with Crippen LogP contribution < -0.4 is 0 Å². The Hall–Kier alpha value is -0.350. The van der Waals surface area contributed by atoms with Crippen molar-refractivity contribution >= 4 is 40.1 Å². The zero-order valence-electron chi connectivity index (χ0n) is 4.80. The van der Waals surface area contributed by atoms with Crippen LogP contribution >= 0.6 is 28.6 Å². The van der Waals surface area contributed by atoms with Crippen LogP contribution in [0.15, 0.2) is 21.5 Å². The number of carbonyl (C=O) groups excluding carboxylic acids is 2. The smallest absolute Gasteiger partial charge is 0.194 e. The number of hydrogen-bond acceptors (Lipinski definition) is 3. The van der Waals surface area contributed by atoms with Gasteiger partial charge in [0.15, 0.2) is 11.6 Å². The first kappa shape index (κ1) is 7.75. The molecule has 0 saturated heterocycles. The second-order valence-corrected chi connectivity index (χ2v) is 3.09. The van der Waals surface area contributed by atoms with E-state index in [1.807, 2.05) is 0 Å². The minimum atomic E-state index is -0.241. The van der Waals surface area contributed by atoms with Crippen molar-refractivity contribution in [1.29, 1.82) is 0 Å². The van der Waals surface area contributed by atoms with E-state index in [2.05, 4.69) is 28.6 Å². The minimum Gasteiger partial charge on any atom is -0.289 e. The molecule has 0 radical (unpaired) electrons. The van der Waals surface area contributed by atoms with Crippen molar-refractivity contribution in [3.05, 3.63) is 21.5 Å². The maximum absolute atomic E-state index is 10.8. The fraction of sp³-hybridized carbons (Fsp3) is 0. The van der Waals surface area contributed by atoms with E-state index in [0.717, 1.165) is 0 Å². The third kappa shape index (κ3) is 1.38. The number of ketones is 2. The molecule has 0 bridgehead atoms. The van der Waals surface area contributed by atoms with E-state index in [1.165, 1.54) is 12.2 Å². The zero-order valence-corrected chi connectivity index (χ0v) is 7.28. The maximum Gasteiger partial charge on any atom is 0.194 e. The Balaban J connectivity index is 3.03. The van der Waals surface area contributed by atoms with Crippen molar-refractivity contribution in [2.24, 2.45) is 0 Å². The Bertz CT molecular complexity index is 237. The maximum atomic E-state index is 10.8. The van der Waals surface area contributed by atoms with Crippen LogP contribution in [-0.4, -0.2) is 11.6 Å². The number of hydrogen-bond donors (Lipinski definition) is 1. The molecule has 52 valence electrons. The highest BCUT2D eigenvalue weighted by Crippen LogP contribution is 2.17. The molecule has 1 aliphatic carbocycles. The molecule has 1 aliphatic rings. The van der Waals surface area contributed by atoms with E-state index >= 15 is 0 Å². The summed E-state index contributed by atoms with van der Waals surface area (Å²) in [7, 11) is 0. The normalized spacial score (nSPS) is 18.6. The van der Waals surface area contributed by atoms with Crippen molar-refractivity contribution in [2.75, 3.05) is 0 Å². The van der Waals surface area contributed by atoms with Gasteiger partial charge in [-0.3, -0.25) is 9.59 Å². The largest absolute Gasteiger partial charge is 0.289 e. The molecular formula is C6H3BrO2S. The fourth-order valence-electron chi connectivity index (χ4n) is 0.524. The summed E-state index contributed by atoms with van der Waals surface area (Å²) in [6, 6.07) is 0. The highest BCUT2D eigenvalue weighted by atomic mass is 79.9. The second kappa shape index (κ2) is 2.72. The van der Waals surface area contributed by atoms with Crippen LogP contribution in [0, 0.1) is 0 Å². The molecule has 0 unspecified atom stereocenters. The lowest BCUT2D eigenvalue weighted by molar-refractivity contribution is -0.114. The van der Waals surface area contributed by atoms with E-state index in [1.54, 1.807) is 0 Å². The highest BCUT2D eigenvalue weighted by molar-refractivity contribution is 9.12. The molecule has 0 heterocycles. The summed E-state index contributed by atoms with van der Waals surface area (Å²) in [5.74, 6) is -0.459. The average Bonchev–Trinajstić information content (AvgIpc) is 1.84. The van der Waals surface area contributed by atoms with Gasteiger partial charge in [0.25, 0.3) is 0 Å². The third-order valence-corrected chi connectivity index (χ3v) is 1.98. The molecule has 2 nitrogen and oxygen atoms in total. The Morgan fingerprint density at radius 3 is 2.30 bits per heavy atom.